The molecule has 0 radical (unpaired) electrons. The smallest absolute Gasteiger partial charge is 0.255 e. The summed E-state index contributed by atoms with van der Waals surface area (Å²) in [4.78, 5) is 12.3. The van der Waals surface area contributed by atoms with Crippen molar-refractivity contribution >= 4 is 27.3 Å². The van der Waals surface area contributed by atoms with Crippen molar-refractivity contribution in [2.45, 2.75) is 13.8 Å². The number of amides is 1. The first kappa shape index (κ1) is 17.8. The number of nitrogens with one attached hydrogen (secondary N) is 2. The van der Waals surface area contributed by atoms with Crippen LogP contribution >= 0.6 is 0 Å². The molecule has 0 aromatic heterocycles. The average molecular weight is 348 g/mol. The SMILES string of the molecule is CCOc1ccc(NC(=O)c2ccc(C)c(NS(C)(=O)=O)c2)cc1. The summed E-state index contributed by atoms with van der Waals surface area (Å²) in [5.74, 6) is 0.404. The van der Waals surface area contributed by atoms with Gasteiger partial charge in [-0.3, -0.25) is 9.52 Å². The van der Waals surface area contributed by atoms with E-state index in [0.29, 0.717) is 23.5 Å². The maximum absolute atomic E-state index is 12.3. The van der Waals surface area contributed by atoms with E-state index in [1.165, 1.54) is 6.07 Å². The number of sulfonamides is 1. The van der Waals surface area contributed by atoms with E-state index in [9.17, 15) is 13.2 Å². The Morgan fingerprint density at radius 1 is 1.12 bits per heavy atom. The number of hydrogen-bond acceptors (Lipinski definition) is 4. The number of aryl methyl sites for hydroxylation is 1. The van der Waals surface area contributed by atoms with Gasteiger partial charge in [0.2, 0.25) is 10.0 Å². The summed E-state index contributed by atoms with van der Waals surface area (Å²) in [6.07, 6.45) is 1.07. The summed E-state index contributed by atoms with van der Waals surface area (Å²) >= 11 is 0. The van der Waals surface area contributed by atoms with Gasteiger partial charge in [0.25, 0.3) is 5.91 Å². The van der Waals surface area contributed by atoms with E-state index in [4.69, 9.17) is 4.74 Å². The summed E-state index contributed by atoms with van der Waals surface area (Å²) in [6, 6.07) is 11.9. The second-order valence-corrected chi connectivity index (χ2v) is 7.06. The summed E-state index contributed by atoms with van der Waals surface area (Å²) < 4.78 is 30.5. The van der Waals surface area contributed by atoms with Crippen LogP contribution in [0.5, 0.6) is 5.75 Å². The number of carbonyl (C=O) groups is 1. The van der Waals surface area contributed by atoms with Crippen LogP contribution in [-0.2, 0) is 10.0 Å². The van der Waals surface area contributed by atoms with E-state index in [2.05, 4.69) is 10.0 Å². The molecule has 2 aromatic rings. The topological polar surface area (TPSA) is 84.5 Å². The molecule has 2 N–H and O–H groups in total. The van der Waals surface area contributed by atoms with E-state index in [0.717, 1.165) is 17.6 Å². The summed E-state index contributed by atoms with van der Waals surface area (Å²) in [5, 5.41) is 2.77. The van der Waals surface area contributed by atoms with Gasteiger partial charge in [0.1, 0.15) is 5.75 Å². The molecule has 128 valence electrons. The van der Waals surface area contributed by atoms with E-state index >= 15 is 0 Å². The van der Waals surface area contributed by atoms with Crippen molar-refractivity contribution < 1.29 is 17.9 Å². The monoisotopic (exact) mass is 348 g/mol. The van der Waals surface area contributed by atoms with Gasteiger partial charge in [-0.15, -0.1) is 0 Å². The van der Waals surface area contributed by atoms with Crippen molar-refractivity contribution in [1.29, 1.82) is 0 Å². The molecule has 2 rings (SSSR count). The highest BCUT2D eigenvalue weighted by atomic mass is 32.2. The van der Waals surface area contributed by atoms with Gasteiger partial charge in [0.05, 0.1) is 18.6 Å². The van der Waals surface area contributed by atoms with Crippen molar-refractivity contribution in [1.82, 2.24) is 0 Å². The minimum atomic E-state index is -3.41. The third-order valence-corrected chi connectivity index (χ3v) is 3.81. The minimum Gasteiger partial charge on any atom is -0.494 e. The third-order valence-electron chi connectivity index (χ3n) is 3.22. The Kier molecular flexibility index (Phi) is 5.46. The van der Waals surface area contributed by atoms with Gasteiger partial charge < -0.3 is 10.1 Å². The highest BCUT2D eigenvalue weighted by Crippen LogP contribution is 2.20. The Morgan fingerprint density at radius 2 is 1.79 bits per heavy atom. The lowest BCUT2D eigenvalue weighted by atomic mass is 10.1. The summed E-state index contributed by atoms with van der Waals surface area (Å²) in [7, 11) is -3.41. The van der Waals surface area contributed by atoms with Gasteiger partial charge in [-0.05, 0) is 55.8 Å². The van der Waals surface area contributed by atoms with Gasteiger partial charge in [-0.2, -0.15) is 0 Å². The standard InChI is InChI=1S/C17H20N2O4S/c1-4-23-15-9-7-14(8-10-15)18-17(20)13-6-5-12(2)16(11-13)19-24(3,21)22/h5-11,19H,4H2,1-3H3,(H,18,20). The van der Waals surface area contributed by atoms with Gasteiger partial charge in [0, 0.05) is 11.3 Å². The molecule has 0 aliphatic heterocycles. The molecule has 0 heterocycles. The lowest BCUT2D eigenvalue weighted by Crippen LogP contribution is -2.14. The zero-order valence-electron chi connectivity index (χ0n) is 13.8. The predicted octanol–water partition coefficient (Wildman–Crippen LogP) is 3.02. The number of rotatable bonds is 6. The van der Waals surface area contributed by atoms with E-state index < -0.39 is 10.0 Å². The van der Waals surface area contributed by atoms with Crippen LogP contribution in [0.1, 0.15) is 22.8 Å². The fourth-order valence-corrected chi connectivity index (χ4v) is 2.70. The van der Waals surface area contributed by atoms with Gasteiger partial charge >= 0.3 is 0 Å². The van der Waals surface area contributed by atoms with E-state index in [1.807, 2.05) is 6.92 Å². The summed E-state index contributed by atoms with van der Waals surface area (Å²) in [6.45, 7) is 4.24. The molecule has 0 fully saturated rings. The fraction of sp³-hybridized carbons (Fsp3) is 0.235. The maximum Gasteiger partial charge on any atom is 0.255 e. The molecule has 2 aromatic carbocycles. The van der Waals surface area contributed by atoms with Gasteiger partial charge in [0.15, 0.2) is 0 Å². The first-order valence-corrected chi connectivity index (χ1v) is 9.30. The molecular formula is C17H20N2O4S. The largest absolute Gasteiger partial charge is 0.494 e. The van der Waals surface area contributed by atoms with Crippen LogP contribution < -0.4 is 14.8 Å². The highest BCUT2D eigenvalue weighted by molar-refractivity contribution is 7.92. The van der Waals surface area contributed by atoms with Crippen LogP contribution in [0, 0.1) is 6.92 Å². The Hall–Kier alpha value is -2.54. The van der Waals surface area contributed by atoms with E-state index in [-0.39, 0.29) is 5.91 Å². The first-order chi connectivity index (χ1) is 11.3. The zero-order chi connectivity index (χ0) is 17.7. The molecule has 0 saturated carbocycles. The predicted molar refractivity (Wildman–Crippen MR) is 95.2 cm³/mol. The molecule has 6 nitrogen and oxygen atoms in total. The number of anilines is 2. The van der Waals surface area contributed by atoms with Crippen LogP contribution in [0.25, 0.3) is 0 Å². The lowest BCUT2D eigenvalue weighted by Gasteiger charge is -2.11. The molecule has 1 amide bonds. The Balaban J connectivity index is 2.16. The minimum absolute atomic E-state index is 0.323. The zero-order valence-corrected chi connectivity index (χ0v) is 14.6. The van der Waals surface area contributed by atoms with Gasteiger partial charge in [-0.1, -0.05) is 6.07 Å². The van der Waals surface area contributed by atoms with Crippen LogP contribution in [0.2, 0.25) is 0 Å². The highest BCUT2D eigenvalue weighted by Gasteiger charge is 2.11. The lowest BCUT2D eigenvalue weighted by molar-refractivity contribution is 0.102. The Bertz CT molecular complexity index is 830. The molecule has 0 aliphatic carbocycles. The maximum atomic E-state index is 12.3. The fourth-order valence-electron chi connectivity index (χ4n) is 2.08. The van der Waals surface area contributed by atoms with Crippen LogP contribution in [0.3, 0.4) is 0 Å². The normalized spacial score (nSPS) is 11.0. The first-order valence-electron chi connectivity index (χ1n) is 7.41. The van der Waals surface area contributed by atoms with Crippen molar-refractivity contribution in [3.63, 3.8) is 0 Å². The quantitative estimate of drug-likeness (QED) is 0.840. The second-order valence-electron chi connectivity index (χ2n) is 5.32. The van der Waals surface area contributed by atoms with Crippen molar-refractivity contribution in [3.8, 4) is 5.75 Å². The van der Waals surface area contributed by atoms with Crippen molar-refractivity contribution in [3.05, 3.63) is 53.6 Å². The number of carbonyl (C=O) groups excluding carboxylic acids is 1. The summed E-state index contributed by atoms with van der Waals surface area (Å²) in [5.41, 5.74) is 2.11. The second kappa shape index (κ2) is 7.35. The Labute approximate surface area is 141 Å². The van der Waals surface area contributed by atoms with Crippen LogP contribution in [0.15, 0.2) is 42.5 Å². The number of ether oxygens (including phenoxy) is 1. The van der Waals surface area contributed by atoms with Crippen LogP contribution in [0.4, 0.5) is 11.4 Å². The number of hydrogen-bond donors (Lipinski definition) is 2. The molecule has 24 heavy (non-hydrogen) atoms. The van der Waals surface area contributed by atoms with E-state index in [1.54, 1.807) is 43.3 Å². The molecule has 0 aliphatic rings. The molecular weight excluding hydrogens is 328 g/mol. The molecule has 7 heteroatoms. The number of benzene rings is 2. The Morgan fingerprint density at radius 3 is 2.38 bits per heavy atom. The molecule has 0 spiro atoms. The van der Waals surface area contributed by atoms with Gasteiger partial charge in [-0.25, -0.2) is 8.42 Å². The molecule has 0 saturated heterocycles. The van der Waals surface area contributed by atoms with Crippen LogP contribution in [-0.4, -0.2) is 27.2 Å². The molecule has 0 atom stereocenters. The van der Waals surface area contributed by atoms with Crippen molar-refractivity contribution in [2.24, 2.45) is 0 Å². The van der Waals surface area contributed by atoms with Crippen molar-refractivity contribution in [2.75, 3.05) is 22.9 Å². The third kappa shape index (κ3) is 4.99. The molecule has 0 bridgehead atoms. The average Bonchev–Trinajstić information content (AvgIpc) is 2.50. The molecule has 0 unspecified atom stereocenters.